The average Bonchev–Trinajstić information content (AvgIpc) is 2.72. The van der Waals surface area contributed by atoms with E-state index in [1.165, 1.54) is 27.7 Å². The fraction of sp³-hybridized carbons (Fsp3) is 0.824. The van der Waals surface area contributed by atoms with Gasteiger partial charge < -0.3 is 19.7 Å². The lowest BCUT2D eigenvalue weighted by atomic mass is 9.89. The number of carbonyl (C=O) groups is 3. The first-order valence-corrected chi connectivity index (χ1v) is 8.53. The summed E-state index contributed by atoms with van der Waals surface area (Å²) < 4.78 is 16.2. The SMILES string of the molecule is CC(C)(C)[N+]1(C(=O)[O-])C(=O)C(OCCCCCCF)CC1(C)C(=O)O. The minimum atomic E-state index is -1.88. The number of carboxylic acids is 1. The van der Waals surface area contributed by atoms with Crippen molar-refractivity contribution >= 4 is 18.0 Å². The lowest BCUT2D eigenvalue weighted by Crippen LogP contribution is -2.78. The summed E-state index contributed by atoms with van der Waals surface area (Å²) in [7, 11) is 0. The van der Waals surface area contributed by atoms with Crippen LogP contribution in [0.5, 0.6) is 0 Å². The van der Waals surface area contributed by atoms with E-state index in [9.17, 15) is 29.0 Å². The second-order valence-corrected chi connectivity index (χ2v) is 7.69. The van der Waals surface area contributed by atoms with E-state index in [0.29, 0.717) is 19.3 Å². The first-order chi connectivity index (χ1) is 11.5. The lowest BCUT2D eigenvalue weighted by Gasteiger charge is -2.49. The highest BCUT2D eigenvalue weighted by molar-refractivity contribution is 5.93. The van der Waals surface area contributed by atoms with Gasteiger partial charge in [0.15, 0.2) is 6.10 Å². The van der Waals surface area contributed by atoms with E-state index in [-0.39, 0.29) is 19.7 Å². The summed E-state index contributed by atoms with van der Waals surface area (Å²) in [6.07, 6.45) is -0.622. The van der Waals surface area contributed by atoms with Gasteiger partial charge in [-0.1, -0.05) is 12.8 Å². The molecule has 1 N–H and O–H groups in total. The maximum atomic E-state index is 12.9. The standard InChI is InChI=1S/C17H28FNO6/c1-16(2,3)19(15(23)24)13(20)12(11-17(19,4)14(21)22)25-10-8-6-5-7-9-18/h12H,5-11H2,1-4H3,(H-,21,22,23,24). The van der Waals surface area contributed by atoms with Crippen LogP contribution >= 0.6 is 0 Å². The summed E-state index contributed by atoms with van der Waals surface area (Å²) in [6.45, 7) is 5.56. The highest BCUT2D eigenvalue weighted by atomic mass is 19.1. The van der Waals surface area contributed by atoms with Crippen molar-refractivity contribution in [1.82, 2.24) is 0 Å². The number of alkyl halides is 1. The third kappa shape index (κ3) is 3.55. The second kappa shape index (κ2) is 7.78. The second-order valence-electron chi connectivity index (χ2n) is 7.69. The van der Waals surface area contributed by atoms with Crippen molar-refractivity contribution in [2.24, 2.45) is 0 Å². The maximum absolute atomic E-state index is 12.9. The number of carboxylic acid groups (broad SMARTS) is 2. The Balaban J connectivity index is 3.03. The number of nitrogens with zero attached hydrogens (tertiary/aromatic N) is 1. The van der Waals surface area contributed by atoms with Crippen LogP contribution in [0.25, 0.3) is 0 Å². The Morgan fingerprint density at radius 2 is 1.88 bits per heavy atom. The molecule has 1 rings (SSSR count). The van der Waals surface area contributed by atoms with Gasteiger partial charge in [0.05, 0.1) is 13.1 Å². The van der Waals surface area contributed by atoms with Gasteiger partial charge >= 0.3 is 11.9 Å². The molecule has 0 aromatic carbocycles. The Kier molecular flexibility index (Phi) is 6.69. The Morgan fingerprint density at radius 1 is 1.32 bits per heavy atom. The molecule has 25 heavy (non-hydrogen) atoms. The van der Waals surface area contributed by atoms with Crippen LogP contribution in [0.3, 0.4) is 0 Å². The van der Waals surface area contributed by atoms with Crippen LogP contribution in [-0.2, 0) is 14.3 Å². The molecule has 0 aliphatic carbocycles. The van der Waals surface area contributed by atoms with E-state index in [4.69, 9.17) is 4.74 Å². The number of unbranched alkanes of at least 4 members (excludes halogenated alkanes) is 3. The van der Waals surface area contributed by atoms with E-state index >= 15 is 0 Å². The average molecular weight is 361 g/mol. The number of rotatable bonds is 8. The van der Waals surface area contributed by atoms with Crippen LogP contribution in [0, 0.1) is 0 Å². The zero-order valence-corrected chi connectivity index (χ0v) is 15.3. The normalized spacial score (nSPS) is 29.8. The van der Waals surface area contributed by atoms with Gasteiger partial charge in [-0.25, -0.2) is 9.59 Å². The molecular weight excluding hydrogens is 333 g/mol. The van der Waals surface area contributed by atoms with Crippen molar-refractivity contribution in [2.45, 2.75) is 77.0 Å². The molecule has 1 aliphatic heterocycles. The fourth-order valence-electron chi connectivity index (χ4n) is 3.82. The number of carbonyl (C=O) groups excluding carboxylic acids is 2. The molecule has 2 amide bonds. The van der Waals surface area contributed by atoms with Crippen molar-refractivity contribution in [3.63, 3.8) is 0 Å². The summed E-state index contributed by atoms with van der Waals surface area (Å²) in [6, 6.07) is 0. The summed E-state index contributed by atoms with van der Waals surface area (Å²) in [4.78, 5) is 36.8. The number of hydrogen-bond donors (Lipinski definition) is 1. The minimum Gasteiger partial charge on any atom is -0.498 e. The zero-order valence-electron chi connectivity index (χ0n) is 15.3. The van der Waals surface area contributed by atoms with Gasteiger partial charge in [-0.05, 0) is 33.6 Å². The number of quaternary nitrogens is 1. The Hall–Kier alpha value is -1.54. The van der Waals surface area contributed by atoms with E-state index in [1.54, 1.807) is 0 Å². The van der Waals surface area contributed by atoms with Crippen LogP contribution in [0.1, 0.15) is 59.8 Å². The number of halogens is 1. The van der Waals surface area contributed by atoms with Crippen molar-refractivity contribution < 1.29 is 38.2 Å². The first-order valence-electron chi connectivity index (χ1n) is 8.53. The van der Waals surface area contributed by atoms with Gasteiger partial charge in [-0.3, -0.25) is 4.39 Å². The highest BCUT2D eigenvalue weighted by Crippen LogP contribution is 2.46. The number of aliphatic carboxylic acids is 1. The van der Waals surface area contributed by atoms with Crippen LogP contribution < -0.4 is 5.11 Å². The molecule has 0 radical (unpaired) electrons. The molecule has 7 nitrogen and oxygen atoms in total. The topological polar surface area (TPSA) is 104 Å². The Morgan fingerprint density at radius 3 is 2.28 bits per heavy atom. The molecule has 0 saturated carbocycles. The Labute approximate surface area is 147 Å². The molecule has 0 spiro atoms. The molecule has 0 bridgehead atoms. The molecular formula is C17H28FNO6. The van der Waals surface area contributed by atoms with Gasteiger partial charge in [-0.2, -0.15) is 4.48 Å². The molecule has 0 aromatic heterocycles. The van der Waals surface area contributed by atoms with Crippen LogP contribution in [0.2, 0.25) is 0 Å². The number of imide groups is 1. The van der Waals surface area contributed by atoms with E-state index in [0.717, 1.165) is 6.42 Å². The van der Waals surface area contributed by atoms with Crippen molar-refractivity contribution in [3.8, 4) is 0 Å². The number of ether oxygens (including phenoxy) is 1. The molecule has 1 heterocycles. The maximum Gasteiger partial charge on any atom is 0.366 e. The molecule has 144 valence electrons. The molecule has 1 fully saturated rings. The summed E-state index contributed by atoms with van der Waals surface area (Å²) in [5.74, 6) is -2.19. The largest absolute Gasteiger partial charge is 0.498 e. The third-order valence-corrected chi connectivity index (χ3v) is 5.02. The van der Waals surface area contributed by atoms with Crippen LogP contribution in [0.4, 0.5) is 9.18 Å². The zero-order chi connectivity index (χ0) is 19.5. The highest BCUT2D eigenvalue weighted by Gasteiger charge is 2.73. The van der Waals surface area contributed by atoms with Crippen molar-refractivity contribution in [1.29, 1.82) is 0 Å². The molecule has 3 atom stereocenters. The van der Waals surface area contributed by atoms with Gasteiger partial charge in [-0.15, -0.1) is 0 Å². The monoisotopic (exact) mass is 361 g/mol. The van der Waals surface area contributed by atoms with Gasteiger partial charge in [0.2, 0.25) is 5.54 Å². The van der Waals surface area contributed by atoms with Gasteiger partial charge in [0, 0.05) is 13.5 Å². The predicted octanol–water partition coefficient (Wildman–Crippen LogP) is 1.63. The van der Waals surface area contributed by atoms with Gasteiger partial charge in [0.1, 0.15) is 5.54 Å². The fourth-order valence-corrected chi connectivity index (χ4v) is 3.82. The number of likely N-dealkylation sites (tertiary alicyclic amines) is 1. The van der Waals surface area contributed by atoms with Crippen LogP contribution in [-0.4, -0.2) is 58.0 Å². The first kappa shape index (κ1) is 21.5. The smallest absolute Gasteiger partial charge is 0.366 e. The van der Waals surface area contributed by atoms with Crippen LogP contribution in [0.15, 0.2) is 0 Å². The van der Waals surface area contributed by atoms with Crippen molar-refractivity contribution in [3.05, 3.63) is 0 Å². The minimum absolute atomic E-state index is 0.190. The molecule has 0 aromatic rings. The molecule has 3 unspecified atom stereocenters. The van der Waals surface area contributed by atoms with E-state index < -0.39 is 39.6 Å². The third-order valence-electron chi connectivity index (χ3n) is 5.02. The lowest BCUT2D eigenvalue weighted by molar-refractivity contribution is -0.880. The molecule has 1 saturated heterocycles. The summed E-state index contributed by atoms with van der Waals surface area (Å²) >= 11 is 0. The predicted molar refractivity (Wildman–Crippen MR) is 85.3 cm³/mol. The quantitative estimate of drug-likeness (QED) is 0.521. The number of hydrogen-bond acceptors (Lipinski definition) is 5. The molecule has 1 aliphatic rings. The summed E-state index contributed by atoms with van der Waals surface area (Å²) in [5, 5.41) is 21.7. The molecule has 8 heteroatoms. The van der Waals surface area contributed by atoms with E-state index in [1.807, 2.05) is 0 Å². The van der Waals surface area contributed by atoms with E-state index in [2.05, 4.69) is 0 Å². The van der Waals surface area contributed by atoms with Crippen molar-refractivity contribution in [2.75, 3.05) is 13.3 Å². The summed E-state index contributed by atoms with van der Waals surface area (Å²) in [5.41, 5.74) is -3.10. The van der Waals surface area contributed by atoms with Gasteiger partial charge in [0.25, 0.3) is 6.09 Å². The Bertz CT molecular complexity index is 532. The number of amides is 2.